The summed E-state index contributed by atoms with van der Waals surface area (Å²) in [5, 5.41) is 5.28. The lowest BCUT2D eigenvalue weighted by atomic mass is 10.0. The molecule has 0 spiro atoms. The highest BCUT2D eigenvalue weighted by molar-refractivity contribution is 9.10. The number of amides is 3. The van der Waals surface area contributed by atoms with Gasteiger partial charge in [-0.1, -0.05) is 78.3 Å². The zero-order valence-corrected chi connectivity index (χ0v) is 19.2. The lowest BCUT2D eigenvalue weighted by Gasteiger charge is -2.23. The Balaban J connectivity index is 2.11. The van der Waals surface area contributed by atoms with Gasteiger partial charge in [-0.15, -0.1) is 0 Å². The van der Waals surface area contributed by atoms with Gasteiger partial charge in [-0.05, 0) is 29.5 Å². The zero-order valence-electron chi connectivity index (χ0n) is 17.6. The number of carbonyl (C=O) groups is 3. The van der Waals surface area contributed by atoms with Gasteiger partial charge in [-0.2, -0.15) is 0 Å². The molecule has 0 fully saturated rings. The molecule has 2 atom stereocenters. The number of nitrogens with one attached hydrogen (secondary N) is 2. The molecule has 0 aromatic heterocycles. The van der Waals surface area contributed by atoms with E-state index in [0.717, 1.165) is 15.6 Å². The van der Waals surface area contributed by atoms with Crippen LogP contribution in [0.25, 0.3) is 0 Å². The number of primary amides is 1. The highest BCUT2D eigenvalue weighted by Crippen LogP contribution is 2.18. The zero-order chi connectivity index (χ0) is 22.8. The summed E-state index contributed by atoms with van der Waals surface area (Å²) in [6.45, 7) is 3.94. The van der Waals surface area contributed by atoms with Crippen LogP contribution in [0.4, 0.5) is 4.79 Å². The summed E-state index contributed by atoms with van der Waals surface area (Å²) in [5.74, 6) is -0.964. The minimum absolute atomic E-state index is 0.0767. The number of benzene rings is 2. The lowest BCUT2D eigenvalue weighted by molar-refractivity contribution is -0.128. The van der Waals surface area contributed by atoms with E-state index in [0.29, 0.717) is 6.42 Å². The van der Waals surface area contributed by atoms with Crippen molar-refractivity contribution in [3.05, 3.63) is 70.2 Å². The van der Waals surface area contributed by atoms with E-state index in [1.807, 2.05) is 68.4 Å². The molecule has 0 unspecified atom stereocenters. The van der Waals surface area contributed by atoms with E-state index in [2.05, 4.69) is 26.6 Å². The number of hydrogen-bond acceptors (Lipinski definition) is 4. The fourth-order valence-electron chi connectivity index (χ4n) is 2.99. The SMILES string of the molecule is CC(C)C[C@H](NC(=O)[C@@H](Cc1ccccc1Br)NC(=O)OCc1ccccc1)C(N)=O. The van der Waals surface area contributed by atoms with Gasteiger partial charge < -0.3 is 21.1 Å². The van der Waals surface area contributed by atoms with Crippen LogP contribution < -0.4 is 16.4 Å². The van der Waals surface area contributed by atoms with E-state index in [4.69, 9.17) is 10.5 Å². The highest BCUT2D eigenvalue weighted by atomic mass is 79.9. The molecule has 2 rings (SSSR count). The Labute approximate surface area is 190 Å². The summed E-state index contributed by atoms with van der Waals surface area (Å²) in [6.07, 6.45) is -0.113. The molecule has 0 aliphatic rings. The van der Waals surface area contributed by atoms with Crippen molar-refractivity contribution in [2.75, 3.05) is 0 Å². The van der Waals surface area contributed by atoms with E-state index in [9.17, 15) is 14.4 Å². The van der Waals surface area contributed by atoms with E-state index >= 15 is 0 Å². The van der Waals surface area contributed by atoms with E-state index in [1.165, 1.54) is 0 Å². The van der Waals surface area contributed by atoms with Crippen molar-refractivity contribution < 1.29 is 19.1 Å². The molecule has 0 heterocycles. The largest absolute Gasteiger partial charge is 0.445 e. The minimum atomic E-state index is -0.948. The van der Waals surface area contributed by atoms with Crippen molar-refractivity contribution in [3.63, 3.8) is 0 Å². The molecule has 166 valence electrons. The molecule has 0 bridgehead atoms. The lowest BCUT2D eigenvalue weighted by Crippen LogP contribution is -2.54. The number of ether oxygens (including phenoxy) is 1. The summed E-state index contributed by atoms with van der Waals surface area (Å²) in [5.41, 5.74) is 7.10. The van der Waals surface area contributed by atoms with Crippen molar-refractivity contribution in [2.45, 2.75) is 45.4 Å². The summed E-state index contributed by atoms with van der Waals surface area (Å²) >= 11 is 3.46. The van der Waals surface area contributed by atoms with E-state index < -0.39 is 30.0 Å². The van der Waals surface area contributed by atoms with Gasteiger partial charge in [0.25, 0.3) is 0 Å². The maximum absolute atomic E-state index is 13.0. The van der Waals surface area contributed by atoms with Crippen LogP contribution in [0.2, 0.25) is 0 Å². The summed E-state index contributed by atoms with van der Waals surface area (Å²) in [7, 11) is 0. The monoisotopic (exact) mass is 489 g/mol. The Morgan fingerprint density at radius 3 is 2.23 bits per heavy atom. The molecule has 0 aliphatic carbocycles. The fraction of sp³-hybridized carbons (Fsp3) is 0.348. The van der Waals surface area contributed by atoms with Gasteiger partial charge in [0.15, 0.2) is 0 Å². The topological polar surface area (TPSA) is 111 Å². The molecule has 0 saturated carbocycles. The number of alkyl carbamates (subject to hydrolysis) is 1. The third kappa shape index (κ3) is 8.41. The first-order chi connectivity index (χ1) is 14.8. The van der Waals surface area contributed by atoms with Crippen LogP contribution in [0.5, 0.6) is 0 Å². The summed E-state index contributed by atoms with van der Waals surface area (Å²) < 4.78 is 6.07. The second-order valence-electron chi connectivity index (χ2n) is 7.65. The van der Waals surface area contributed by atoms with Crippen molar-refractivity contribution >= 4 is 33.8 Å². The number of hydrogen-bond donors (Lipinski definition) is 3. The van der Waals surface area contributed by atoms with Crippen molar-refractivity contribution in [1.82, 2.24) is 10.6 Å². The number of halogens is 1. The molecule has 4 N–H and O–H groups in total. The number of rotatable bonds is 10. The highest BCUT2D eigenvalue weighted by Gasteiger charge is 2.27. The third-order valence-electron chi connectivity index (χ3n) is 4.57. The minimum Gasteiger partial charge on any atom is -0.445 e. The second-order valence-corrected chi connectivity index (χ2v) is 8.50. The predicted molar refractivity (Wildman–Crippen MR) is 122 cm³/mol. The van der Waals surface area contributed by atoms with E-state index in [-0.39, 0.29) is 18.9 Å². The van der Waals surface area contributed by atoms with Crippen LogP contribution >= 0.6 is 15.9 Å². The third-order valence-corrected chi connectivity index (χ3v) is 5.34. The smallest absolute Gasteiger partial charge is 0.408 e. The molecular weight excluding hydrogens is 462 g/mol. The Morgan fingerprint density at radius 1 is 0.968 bits per heavy atom. The standard InChI is InChI=1S/C23H28BrN3O4/c1-15(2)12-19(21(25)28)26-22(29)20(13-17-10-6-7-11-18(17)24)27-23(30)31-14-16-8-4-3-5-9-16/h3-11,15,19-20H,12-14H2,1-2H3,(H2,25,28)(H,26,29)(H,27,30)/t19-,20+/m0/s1. The molecule has 3 amide bonds. The second kappa shape index (κ2) is 12.1. The van der Waals surface area contributed by atoms with Crippen molar-refractivity contribution in [2.24, 2.45) is 11.7 Å². The average Bonchev–Trinajstić information content (AvgIpc) is 2.73. The molecule has 7 nitrogen and oxygen atoms in total. The molecule has 8 heteroatoms. The van der Waals surface area contributed by atoms with Crippen LogP contribution in [0.1, 0.15) is 31.4 Å². The molecule has 0 aliphatic heterocycles. The fourth-order valence-corrected chi connectivity index (χ4v) is 3.44. The summed E-state index contributed by atoms with van der Waals surface area (Å²) in [6, 6.07) is 14.9. The number of carbonyl (C=O) groups excluding carboxylic acids is 3. The first kappa shape index (κ1) is 24.4. The first-order valence-electron chi connectivity index (χ1n) is 10.1. The molecule has 0 saturated heterocycles. The normalized spacial score (nSPS) is 12.6. The van der Waals surface area contributed by atoms with Crippen molar-refractivity contribution in [1.29, 1.82) is 0 Å². The molecule has 0 radical (unpaired) electrons. The Hall–Kier alpha value is -2.87. The average molecular weight is 490 g/mol. The number of nitrogens with two attached hydrogens (primary N) is 1. The van der Waals surface area contributed by atoms with E-state index in [1.54, 1.807) is 0 Å². The Bertz CT molecular complexity index is 889. The van der Waals surface area contributed by atoms with Gasteiger partial charge in [-0.25, -0.2) is 4.79 Å². The van der Waals surface area contributed by atoms with Gasteiger partial charge in [0.05, 0.1) is 0 Å². The maximum atomic E-state index is 13.0. The molecule has 2 aromatic carbocycles. The molecular formula is C23H28BrN3O4. The van der Waals surface area contributed by atoms with Crippen LogP contribution in [0.3, 0.4) is 0 Å². The van der Waals surface area contributed by atoms with Crippen LogP contribution in [-0.2, 0) is 27.4 Å². The van der Waals surface area contributed by atoms with Gasteiger partial charge in [0, 0.05) is 10.9 Å². The Morgan fingerprint density at radius 2 is 1.61 bits per heavy atom. The molecule has 2 aromatic rings. The van der Waals surface area contributed by atoms with Gasteiger partial charge in [0.2, 0.25) is 11.8 Å². The van der Waals surface area contributed by atoms with Crippen LogP contribution in [0, 0.1) is 5.92 Å². The van der Waals surface area contributed by atoms with Gasteiger partial charge in [0.1, 0.15) is 18.7 Å². The van der Waals surface area contributed by atoms with Gasteiger partial charge >= 0.3 is 6.09 Å². The quantitative estimate of drug-likeness (QED) is 0.475. The maximum Gasteiger partial charge on any atom is 0.408 e. The summed E-state index contributed by atoms with van der Waals surface area (Å²) in [4.78, 5) is 37.1. The van der Waals surface area contributed by atoms with Crippen molar-refractivity contribution in [3.8, 4) is 0 Å². The van der Waals surface area contributed by atoms with Gasteiger partial charge in [-0.3, -0.25) is 9.59 Å². The Kier molecular flexibility index (Phi) is 9.52. The van der Waals surface area contributed by atoms with Crippen LogP contribution in [-0.4, -0.2) is 30.0 Å². The van der Waals surface area contributed by atoms with Crippen LogP contribution in [0.15, 0.2) is 59.1 Å². The first-order valence-corrected chi connectivity index (χ1v) is 10.9. The molecule has 31 heavy (non-hydrogen) atoms. The predicted octanol–water partition coefficient (Wildman–Crippen LogP) is 3.30.